The van der Waals surface area contributed by atoms with Crippen LogP contribution in [-0.4, -0.2) is 28.4 Å². The number of nitrogens with zero attached hydrogens (tertiary/aromatic N) is 2. The van der Waals surface area contributed by atoms with Gasteiger partial charge in [0.1, 0.15) is 5.75 Å². The topological polar surface area (TPSA) is 47.3 Å². The maximum absolute atomic E-state index is 9.55. The summed E-state index contributed by atoms with van der Waals surface area (Å²) in [6.07, 6.45) is 2.39. The van der Waals surface area contributed by atoms with E-state index in [4.69, 9.17) is 16.3 Å². The second-order valence-corrected chi connectivity index (χ2v) is 6.68. The molecule has 0 unspecified atom stereocenters. The molecule has 4 nitrogen and oxygen atoms in total. The molecule has 2 heterocycles. The second kappa shape index (κ2) is 6.63. The fourth-order valence-electron chi connectivity index (χ4n) is 3.63. The Bertz CT molecular complexity index is 1120. The lowest BCUT2D eigenvalue weighted by molar-refractivity contribution is 0.299. The Morgan fingerprint density at radius 3 is 2.73 bits per heavy atom. The summed E-state index contributed by atoms with van der Waals surface area (Å²) in [5.74, 6) is 0.806. The zero-order valence-electron chi connectivity index (χ0n) is 14.7. The van der Waals surface area contributed by atoms with Gasteiger partial charge in [0.05, 0.1) is 23.8 Å². The van der Waals surface area contributed by atoms with Crippen LogP contribution in [0.5, 0.6) is 5.75 Å². The van der Waals surface area contributed by atoms with Gasteiger partial charge in [-0.3, -0.25) is 4.98 Å². The summed E-state index contributed by atoms with van der Waals surface area (Å²) in [5, 5.41) is 12.3. The molecule has 0 bridgehead atoms. The highest BCUT2D eigenvalue weighted by Gasteiger charge is 2.17. The van der Waals surface area contributed by atoms with E-state index < -0.39 is 0 Å². The predicted molar refractivity (Wildman–Crippen MR) is 106 cm³/mol. The monoisotopic (exact) mass is 366 g/mol. The number of aliphatic hydroxyl groups is 1. The van der Waals surface area contributed by atoms with E-state index in [0.717, 1.165) is 44.5 Å². The zero-order valence-corrected chi connectivity index (χ0v) is 15.4. The largest absolute Gasteiger partial charge is 0.497 e. The van der Waals surface area contributed by atoms with Crippen molar-refractivity contribution in [2.75, 3.05) is 13.7 Å². The summed E-state index contributed by atoms with van der Waals surface area (Å²) in [7, 11) is 1.66. The highest BCUT2D eigenvalue weighted by molar-refractivity contribution is 6.31. The second-order valence-electron chi connectivity index (χ2n) is 6.25. The minimum atomic E-state index is 0.101. The number of halogens is 1. The van der Waals surface area contributed by atoms with Crippen LogP contribution in [0.1, 0.15) is 11.3 Å². The first-order valence-corrected chi connectivity index (χ1v) is 8.85. The number of benzene rings is 2. The normalized spacial score (nSPS) is 11.4. The van der Waals surface area contributed by atoms with Crippen molar-refractivity contribution in [3.8, 4) is 11.4 Å². The van der Waals surface area contributed by atoms with E-state index in [-0.39, 0.29) is 6.61 Å². The number of hydrogen-bond donors (Lipinski definition) is 1. The van der Waals surface area contributed by atoms with Crippen molar-refractivity contribution >= 4 is 33.4 Å². The Balaban J connectivity index is 2.08. The Morgan fingerprint density at radius 1 is 1.12 bits per heavy atom. The van der Waals surface area contributed by atoms with Crippen LogP contribution in [0.4, 0.5) is 0 Å². The van der Waals surface area contributed by atoms with Crippen molar-refractivity contribution in [1.29, 1.82) is 0 Å². The van der Waals surface area contributed by atoms with Gasteiger partial charge in [-0.25, -0.2) is 0 Å². The lowest BCUT2D eigenvalue weighted by Gasteiger charge is -2.12. The molecule has 0 fully saturated rings. The quantitative estimate of drug-likeness (QED) is 0.570. The molecule has 5 heteroatoms. The van der Waals surface area contributed by atoms with Gasteiger partial charge in [-0.2, -0.15) is 0 Å². The highest BCUT2D eigenvalue weighted by atomic mass is 35.5. The van der Waals surface area contributed by atoms with Gasteiger partial charge in [-0.15, -0.1) is 0 Å². The molecule has 0 amide bonds. The van der Waals surface area contributed by atoms with Gasteiger partial charge < -0.3 is 14.4 Å². The predicted octanol–water partition coefficient (Wildman–Crippen LogP) is 4.68. The fourth-order valence-corrected chi connectivity index (χ4v) is 3.79. The molecule has 0 aliphatic carbocycles. The first kappa shape index (κ1) is 16.9. The molecular formula is C21H19ClN2O2. The number of rotatable bonds is 4. The maximum atomic E-state index is 9.55. The number of methoxy groups -OCH3 is 1. The fraction of sp³-hybridized carbons (Fsp3) is 0.190. The molecule has 0 spiro atoms. The standard InChI is InChI=1S/C21H19ClN2O2/c1-13-16(8-10-25)18-12-15(26-2)4-6-20(18)24(13)21-7-9-23-19-11-14(22)3-5-17(19)21/h3-7,9,11-12,25H,8,10H2,1-2H3. The van der Waals surface area contributed by atoms with Crippen LogP contribution < -0.4 is 4.74 Å². The zero-order chi connectivity index (χ0) is 18.3. The van der Waals surface area contributed by atoms with E-state index in [1.165, 1.54) is 0 Å². The summed E-state index contributed by atoms with van der Waals surface area (Å²) < 4.78 is 7.62. The Kier molecular flexibility index (Phi) is 4.31. The molecule has 2 aromatic heterocycles. The molecule has 0 atom stereocenters. The highest BCUT2D eigenvalue weighted by Crippen LogP contribution is 2.34. The average molecular weight is 367 g/mol. The summed E-state index contributed by atoms with van der Waals surface area (Å²) in [6, 6.07) is 13.8. The average Bonchev–Trinajstić information content (AvgIpc) is 2.92. The van der Waals surface area contributed by atoms with Crippen molar-refractivity contribution in [1.82, 2.24) is 9.55 Å². The third-order valence-electron chi connectivity index (χ3n) is 4.83. The van der Waals surface area contributed by atoms with Crippen LogP contribution in [-0.2, 0) is 6.42 Å². The number of ether oxygens (including phenoxy) is 1. The van der Waals surface area contributed by atoms with Gasteiger partial charge in [0.2, 0.25) is 0 Å². The van der Waals surface area contributed by atoms with Crippen LogP contribution in [0, 0.1) is 6.92 Å². The van der Waals surface area contributed by atoms with Crippen LogP contribution in [0.3, 0.4) is 0 Å². The lowest BCUT2D eigenvalue weighted by Crippen LogP contribution is -2.00. The van der Waals surface area contributed by atoms with Crippen molar-refractivity contribution in [3.63, 3.8) is 0 Å². The van der Waals surface area contributed by atoms with E-state index in [2.05, 4.69) is 22.5 Å². The van der Waals surface area contributed by atoms with Gasteiger partial charge in [0, 0.05) is 34.3 Å². The van der Waals surface area contributed by atoms with Gasteiger partial charge >= 0.3 is 0 Å². The molecule has 0 aliphatic rings. The number of pyridine rings is 1. The summed E-state index contributed by atoms with van der Waals surface area (Å²) in [6.45, 7) is 2.18. The molecule has 26 heavy (non-hydrogen) atoms. The number of aliphatic hydroxyl groups excluding tert-OH is 1. The molecule has 0 aliphatic heterocycles. The summed E-state index contributed by atoms with van der Waals surface area (Å²) in [5.41, 5.74) is 5.20. The number of aromatic nitrogens is 2. The van der Waals surface area contributed by atoms with Crippen LogP contribution >= 0.6 is 11.6 Å². The van der Waals surface area contributed by atoms with Gasteiger partial charge in [-0.05, 0) is 61.4 Å². The third kappa shape index (κ3) is 2.62. The van der Waals surface area contributed by atoms with Crippen LogP contribution in [0.25, 0.3) is 27.5 Å². The van der Waals surface area contributed by atoms with E-state index >= 15 is 0 Å². The SMILES string of the molecule is COc1ccc2c(c1)c(CCO)c(C)n2-c1ccnc2cc(Cl)ccc12. The van der Waals surface area contributed by atoms with Crippen LogP contribution in [0.15, 0.2) is 48.7 Å². The first-order valence-electron chi connectivity index (χ1n) is 8.47. The van der Waals surface area contributed by atoms with Gasteiger partial charge in [0.15, 0.2) is 0 Å². The molecule has 4 aromatic rings. The molecule has 0 saturated heterocycles. The molecule has 132 valence electrons. The van der Waals surface area contributed by atoms with Crippen LogP contribution in [0.2, 0.25) is 5.02 Å². The minimum absolute atomic E-state index is 0.101. The smallest absolute Gasteiger partial charge is 0.119 e. The molecule has 0 saturated carbocycles. The Morgan fingerprint density at radius 2 is 1.96 bits per heavy atom. The van der Waals surface area contributed by atoms with E-state index in [1.807, 2.05) is 36.4 Å². The van der Waals surface area contributed by atoms with E-state index in [9.17, 15) is 5.11 Å². The number of hydrogen-bond acceptors (Lipinski definition) is 3. The van der Waals surface area contributed by atoms with E-state index in [0.29, 0.717) is 11.4 Å². The van der Waals surface area contributed by atoms with E-state index in [1.54, 1.807) is 13.3 Å². The summed E-state index contributed by atoms with van der Waals surface area (Å²) in [4.78, 5) is 4.45. The van der Waals surface area contributed by atoms with Crippen molar-refractivity contribution in [3.05, 3.63) is 64.9 Å². The lowest BCUT2D eigenvalue weighted by atomic mass is 10.1. The first-order chi connectivity index (χ1) is 12.6. The Labute approximate surface area is 156 Å². The number of fused-ring (bicyclic) bond motifs is 2. The molecule has 2 aromatic carbocycles. The molecule has 0 radical (unpaired) electrons. The molecule has 4 rings (SSSR count). The van der Waals surface area contributed by atoms with Crippen molar-refractivity contribution < 1.29 is 9.84 Å². The maximum Gasteiger partial charge on any atom is 0.119 e. The third-order valence-corrected chi connectivity index (χ3v) is 5.06. The Hall–Kier alpha value is -2.56. The molecule has 1 N–H and O–H groups in total. The van der Waals surface area contributed by atoms with Crippen molar-refractivity contribution in [2.45, 2.75) is 13.3 Å². The molecular weight excluding hydrogens is 348 g/mol. The van der Waals surface area contributed by atoms with Gasteiger partial charge in [0.25, 0.3) is 0 Å². The van der Waals surface area contributed by atoms with Crippen molar-refractivity contribution in [2.24, 2.45) is 0 Å². The summed E-state index contributed by atoms with van der Waals surface area (Å²) >= 11 is 6.13. The van der Waals surface area contributed by atoms with Gasteiger partial charge in [-0.1, -0.05) is 11.6 Å². The minimum Gasteiger partial charge on any atom is -0.497 e.